The van der Waals surface area contributed by atoms with Crippen molar-refractivity contribution in [1.82, 2.24) is 0 Å². The molecule has 1 heterocycles. The molecule has 1 aliphatic rings. The highest BCUT2D eigenvalue weighted by atomic mass is 16.7. The lowest BCUT2D eigenvalue weighted by Gasteiger charge is -2.37. The van der Waals surface area contributed by atoms with Crippen LogP contribution in [0.3, 0.4) is 0 Å². The van der Waals surface area contributed by atoms with Crippen molar-refractivity contribution in [3.8, 4) is 5.75 Å². The molecular weight excluding hydrogens is 468 g/mol. The van der Waals surface area contributed by atoms with Gasteiger partial charge in [-0.05, 0) is 68.5 Å². The van der Waals surface area contributed by atoms with E-state index in [1.54, 1.807) is 26.2 Å². The summed E-state index contributed by atoms with van der Waals surface area (Å²) in [7, 11) is 1.66. The maximum absolute atomic E-state index is 12.2. The van der Waals surface area contributed by atoms with E-state index in [4.69, 9.17) is 19.3 Å². The number of aryl methyl sites for hydroxylation is 1. The van der Waals surface area contributed by atoms with Gasteiger partial charge in [0.1, 0.15) is 24.1 Å². The minimum absolute atomic E-state index is 0.520. The maximum atomic E-state index is 12.2. The summed E-state index contributed by atoms with van der Waals surface area (Å²) in [4.78, 5) is 23.3. The Labute approximate surface area is 210 Å². The van der Waals surface area contributed by atoms with Crippen LogP contribution in [0, 0.1) is 20.8 Å². The number of carboxylic acids is 1. The Morgan fingerprint density at radius 1 is 0.972 bits per heavy atom. The zero-order chi connectivity index (χ0) is 27.2. The Morgan fingerprint density at radius 3 is 2.25 bits per heavy atom. The number of methoxy groups -OCH3 is 1. The number of carbonyl (C=O) groups excluding carboxylic acids is 1. The van der Waals surface area contributed by atoms with Gasteiger partial charge in [-0.1, -0.05) is 36.0 Å². The minimum Gasteiger partial charge on any atom is -0.496 e. The number of rotatable bonds is 8. The molecule has 0 amide bonds. The van der Waals surface area contributed by atoms with Crippen LogP contribution >= 0.6 is 0 Å². The Kier molecular flexibility index (Phi) is 10.2. The molecule has 196 valence electrons. The second kappa shape index (κ2) is 12.6. The molecule has 1 fully saturated rings. The second-order valence-corrected chi connectivity index (χ2v) is 8.72. The zero-order valence-electron chi connectivity index (χ0n) is 21.3. The molecule has 9 heteroatoms. The third-order valence-corrected chi connectivity index (χ3v) is 5.95. The summed E-state index contributed by atoms with van der Waals surface area (Å²) in [6, 6.07) is 2.01. The van der Waals surface area contributed by atoms with E-state index in [0.717, 1.165) is 39.7 Å². The third kappa shape index (κ3) is 7.14. The first-order chi connectivity index (χ1) is 16.9. The van der Waals surface area contributed by atoms with Crippen molar-refractivity contribution in [2.45, 2.75) is 65.3 Å². The normalized spacial score (nSPS) is 25.4. The zero-order valence-corrected chi connectivity index (χ0v) is 21.3. The van der Waals surface area contributed by atoms with Crippen LogP contribution < -0.4 is 4.74 Å². The molecular formula is C27H34O9. The predicted octanol–water partition coefficient (Wildman–Crippen LogP) is 2.52. The summed E-state index contributed by atoms with van der Waals surface area (Å²) in [6.07, 6.45) is 1.34. The highest BCUT2D eigenvalue weighted by molar-refractivity contribution is 5.83. The lowest BCUT2D eigenvalue weighted by atomic mass is 9.96. The van der Waals surface area contributed by atoms with Crippen molar-refractivity contribution in [2.24, 2.45) is 0 Å². The topological polar surface area (TPSA) is 143 Å². The predicted molar refractivity (Wildman–Crippen MR) is 133 cm³/mol. The van der Waals surface area contributed by atoms with Crippen molar-refractivity contribution in [2.75, 3.05) is 7.11 Å². The van der Waals surface area contributed by atoms with Crippen LogP contribution in [0.5, 0.6) is 5.75 Å². The fourth-order valence-electron chi connectivity index (χ4n) is 3.69. The van der Waals surface area contributed by atoms with Crippen LogP contribution in [0.4, 0.5) is 0 Å². The molecule has 4 N–H and O–H groups in total. The standard InChI is InChI=1S/C27H34O9/c1-14(10-11-19-16(3)13-20(34-6)18(5)17(19)4)8-7-9-15(2)12-21(28)35-27-24(31)22(29)23(30)25(36-27)26(32)33/h7-13,22-25,27,29-31H,1-6H3,(H,32,33)/b9-7+,11-10+,14-8+,15-12-/t22-,23+,24+,25+,27-/m1/s1. The van der Waals surface area contributed by atoms with E-state index in [0.29, 0.717) is 5.57 Å². The highest BCUT2D eigenvalue weighted by Gasteiger charge is 2.48. The largest absolute Gasteiger partial charge is 0.496 e. The van der Waals surface area contributed by atoms with Crippen LogP contribution in [0.25, 0.3) is 6.08 Å². The average molecular weight is 503 g/mol. The van der Waals surface area contributed by atoms with Gasteiger partial charge in [0.2, 0.25) is 6.29 Å². The molecule has 9 nitrogen and oxygen atoms in total. The molecule has 0 radical (unpaired) electrons. The van der Waals surface area contributed by atoms with Gasteiger partial charge in [-0.25, -0.2) is 9.59 Å². The summed E-state index contributed by atoms with van der Waals surface area (Å²) >= 11 is 0. The summed E-state index contributed by atoms with van der Waals surface area (Å²) in [5.41, 5.74) is 5.96. The molecule has 0 bridgehead atoms. The summed E-state index contributed by atoms with van der Waals surface area (Å²) < 4.78 is 15.3. The fourth-order valence-corrected chi connectivity index (χ4v) is 3.69. The van der Waals surface area contributed by atoms with E-state index in [-0.39, 0.29) is 0 Å². The molecule has 0 aliphatic carbocycles. The molecule has 0 unspecified atom stereocenters. The van der Waals surface area contributed by atoms with Gasteiger partial charge in [-0.3, -0.25) is 0 Å². The Balaban J connectivity index is 2.03. The summed E-state index contributed by atoms with van der Waals surface area (Å²) in [5.74, 6) is -1.61. The number of aliphatic hydroxyl groups is 3. The van der Waals surface area contributed by atoms with E-state index >= 15 is 0 Å². The van der Waals surface area contributed by atoms with Crippen LogP contribution in [0.2, 0.25) is 0 Å². The van der Waals surface area contributed by atoms with Crippen LogP contribution in [-0.2, 0) is 19.1 Å². The number of esters is 1. The monoisotopic (exact) mass is 502 g/mol. The fraction of sp³-hybridized carbons (Fsp3) is 0.407. The van der Waals surface area contributed by atoms with Gasteiger partial charge in [0.15, 0.2) is 6.10 Å². The first-order valence-corrected chi connectivity index (χ1v) is 11.4. The van der Waals surface area contributed by atoms with Gasteiger partial charge < -0.3 is 34.6 Å². The van der Waals surface area contributed by atoms with Gasteiger partial charge in [0, 0.05) is 6.08 Å². The van der Waals surface area contributed by atoms with Crippen molar-refractivity contribution >= 4 is 18.0 Å². The molecule has 36 heavy (non-hydrogen) atoms. The molecule has 0 spiro atoms. The van der Waals surface area contributed by atoms with Crippen molar-refractivity contribution in [3.63, 3.8) is 0 Å². The van der Waals surface area contributed by atoms with Crippen LogP contribution in [0.1, 0.15) is 36.1 Å². The van der Waals surface area contributed by atoms with Crippen molar-refractivity contribution in [1.29, 1.82) is 0 Å². The highest BCUT2D eigenvalue weighted by Crippen LogP contribution is 2.28. The summed E-state index contributed by atoms with van der Waals surface area (Å²) in [5, 5.41) is 38.5. The smallest absolute Gasteiger partial charge is 0.335 e. The number of benzene rings is 1. The molecule has 5 atom stereocenters. The van der Waals surface area contributed by atoms with Gasteiger partial charge in [-0.2, -0.15) is 0 Å². The molecule has 0 saturated carbocycles. The van der Waals surface area contributed by atoms with E-state index in [9.17, 15) is 24.9 Å². The molecule has 1 saturated heterocycles. The van der Waals surface area contributed by atoms with Gasteiger partial charge in [0.25, 0.3) is 0 Å². The SMILES string of the molecule is COc1cc(C)c(/C=C/C(C)=C/C=C/C(C)=C\C(=O)O[C@@H]2O[C@H](C(=O)O)[C@@H](O)[C@@H](O)[C@@H]2O)c(C)c1C. The van der Waals surface area contributed by atoms with Gasteiger partial charge >= 0.3 is 11.9 Å². The average Bonchev–Trinajstić information content (AvgIpc) is 2.81. The Bertz CT molecular complexity index is 1100. The van der Waals surface area contributed by atoms with Crippen LogP contribution in [0.15, 0.2) is 47.6 Å². The van der Waals surface area contributed by atoms with E-state index in [2.05, 4.69) is 6.92 Å². The van der Waals surface area contributed by atoms with Gasteiger partial charge in [-0.15, -0.1) is 0 Å². The number of hydrogen-bond donors (Lipinski definition) is 4. The molecule has 1 aromatic carbocycles. The number of aliphatic hydroxyl groups excluding tert-OH is 3. The second-order valence-electron chi connectivity index (χ2n) is 8.72. The van der Waals surface area contributed by atoms with E-state index in [1.807, 2.05) is 45.1 Å². The number of ether oxygens (including phenoxy) is 3. The first-order valence-electron chi connectivity index (χ1n) is 11.4. The maximum Gasteiger partial charge on any atom is 0.335 e. The third-order valence-electron chi connectivity index (χ3n) is 5.95. The Morgan fingerprint density at radius 2 is 1.64 bits per heavy atom. The molecule has 0 aromatic heterocycles. The number of aliphatic carboxylic acids is 1. The number of carboxylic acid groups (broad SMARTS) is 1. The van der Waals surface area contributed by atoms with Crippen LogP contribution in [-0.4, -0.2) is 70.2 Å². The van der Waals surface area contributed by atoms with Crippen molar-refractivity contribution < 1.29 is 44.2 Å². The number of carbonyl (C=O) groups is 2. The quantitative estimate of drug-likeness (QED) is 0.240. The number of allylic oxidation sites excluding steroid dienone is 6. The number of hydrogen-bond acceptors (Lipinski definition) is 8. The molecule has 1 aromatic rings. The van der Waals surface area contributed by atoms with Crippen molar-refractivity contribution in [3.05, 3.63) is 69.8 Å². The summed E-state index contributed by atoms with van der Waals surface area (Å²) in [6.45, 7) is 9.70. The molecule has 1 aliphatic heterocycles. The van der Waals surface area contributed by atoms with E-state index in [1.165, 1.54) is 0 Å². The van der Waals surface area contributed by atoms with Gasteiger partial charge in [0.05, 0.1) is 7.11 Å². The lowest BCUT2D eigenvalue weighted by Crippen LogP contribution is -2.60. The molecule has 2 rings (SSSR count). The Hall–Kier alpha value is -3.24. The minimum atomic E-state index is -1.86. The first kappa shape index (κ1) is 29.0. The van der Waals surface area contributed by atoms with E-state index < -0.39 is 42.6 Å². The lowest BCUT2D eigenvalue weighted by molar-refractivity contribution is -0.284.